The van der Waals surface area contributed by atoms with Crippen LogP contribution in [0.5, 0.6) is 0 Å². The maximum absolute atomic E-state index is 6.76. The van der Waals surface area contributed by atoms with Crippen molar-refractivity contribution in [1.82, 2.24) is 0 Å². The summed E-state index contributed by atoms with van der Waals surface area (Å²) in [6, 6.07) is 6.38. The van der Waals surface area contributed by atoms with Crippen LogP contribution in [0.25, 0.3) is 11.3 Å². The highest BCUT2D eigenvalue weighted by molar-refractivity contribution is 6.21. The topological polar surface area (TPSA) is 13.1 Å². The molecule has 0 aromatic rings. The molecule has 1 aliphatic heterocycles. The first-order chi connectivity index (χ1) is 9.16. The number of hydrogen-bond donors (Lipinski definition) is 0. The zero-order valence-electron chi connectivity index (χ0n) is 11.7. The first-order valence-corrected chi connectivity index (χ1v) is 7.74. The van der Waals surface area contributed by atoms with Crippen LogP contribution in [0.4, 0.5) is 0 Å². The fourth-order valence-corrected chi connectivity index (χ4v) is 3.80. The van der Waals surface area contributed by atoms with E-state index in [0.29, 0.717) is 5.92 Å². The molecule has 1 saturated carbocycles. The largest absolute Gasteiger partial charge is 0.461 e. The number of halogens is 1. The summed E-state index contributed by atoms with van der Waals surface area (Å²) in [5, 5.41) is 0.142. The van der Waals surface area contributed by atoms with Gasteiger partial charge in [0.25, 0.3) is 0 Å². The van der Waals surface area contributed by atoms with Gasteiger partial charge >= 0.3 is 0 Å². The van der Waals surface area contributed by atoms with Gasteiger partial charge in [0.05, 0.1) is 5.38 Å². The second-order valence-electron chi connectivity index (χ2n) is 5.86. The van der Waals surface area contributed by atoms with Crippen LogP contribution in [0.3, 0.4) is 0 Å². The number of alkyl halides is 1. The third-order valence-electron chi connectivity index (χ3n) is 4.47. The summed E-state index contributed by atoms with van der Waals surface area (Å²) in [7, 11) is 0. The molecule has 2 heteroatoms. The zero-order valence-corrected chi connectivity index (χ0v) is 12.5. The predicted octanol–water partition coefficient (Wildman–Crippen LogP) is 5.86. The lowest BCUT2D eigenvalue weighted by Gasteiger charge is -2.26. The Morgan fingerprint density at radius 2 is 1.89 bits per heavy atom. The highest BCUT2D eigenvalue weighted by Crippen LogP contribution is 2.44. The fourth-order valence-electron chi connectivity index (χ4n) is 3.32. The Labute approximate surface area is 120 Å². The van der Waals surface area contributed by atoms with Crippen molar-refractivity contribution < 1.29 is 4.42 Å². The molecule has 1 fully saturated rings. The average Bonchev–Trinajstić information content (AvgIpc) is 2.76. The molecule has 0 amide bonds. The van der Waals surface area contributed by atoms with E-state index in [2.05, 4.69) is 19.1 Å². The van der Waals surface area contributed by atoms with Gasteiger partial charge in [-0.05, 0) is 61.9 Å². The Bertz CT molecular complexity index is 537. The maximum Gasteiger partial charge on any atom is 0.137 e. The van der Waals surface area contributed by atoms with E-state index in [4.69, 9.17) is 16.0 Å². The molecular weight excluding hydrogens is 256 g/mol. The van der Waals surface area contributed by atoms with Gasteiger partial charge in [-0.1, -0.05) is 19.3 Å². The molecule has 1 heterocycles. The second kappa shape index (κ2) is 5.20. The van der Waals surface area contributed by atoms with Crippen molar-refractivity contribution in [3.63, 3.8) is 0 Å². The molecular formula is C17H21ClO. The van der Waals surface area contributed by atoms with E-state index in [0.717, 1.165) is 11.5 Å². The molecule has 2 aliphatic carbocycles. The molecule has 0 saturated heterocycles. The SMILES string of the molecule is Cc1ccc2cc(C(Cl)C3CCCCC3)c(C)c-2o1. The van der Waals surface area contributed by atoms with Gasteiger partial charge in [-0.15, -0.1) is 11.6 Å². The van der Waals surface area contributed by atoms with Crippen LogP contribution in [0.15, 0.2) is 22.6 Å². The summed E-state index contributed by atoms with van der Waals surface area (Å²) in [6.45, 7) is 4.13. The lowest BCUT2D eigenvalue weighted by atomic mass is 9.84. The quantitative estimate of drug-likeness (QED) is 0.626. The van der Waals surface area contributed by atoms with Crippen LogP contribution in [0.1, 0.15) is 54.4 Å². The molecule has 0 spiro atoms. The molecule has 1 nitrogen and oxygen atoms in total. The molecule has 0 radical (unpaired) electrons. The van der Waals surface area contributed by atoms with E-state index < -0.39 is 0 Å². The Kier molecular flexibility index (Phi) is 3.58. The summed E-state index contributed by atoms with van der Waals surface area (Å²) < 4.78 is 5.85. The molecule has 1 atom stereocenters. The minimum Gasteiger partial charge on any atom is -0.461 e. The van der Waals surface area contributed by atoms with Crippen molar-refractivity contribution in [3.8, 4) is 11.3 Å². The van der Waals surface area contributed by atoms with Crippen molar-refractivity contribution in [2.24, 2.45) is 5.92 Å². The first kappa shape index (κ1) is 13.1. The zero-order chi connectivity index (χ0) is 13.4. The van der Waals surface area contributed by atoms with Crippen LogP contribution in [-0.2, 0) is 0 Å². The lowest BCUT2D eigenvalue weighted by molar-refractivity contribution is 0.348. The van der Waals surface area contributed by atoms with E-state index in [1.165, 1.54) is 48.8 Å². The van der Waals surface area contributed by atoms with Gasteiger partial charge in [0.15, 0.2) is 0 Å². The van der Waals surface area contributed by atoms with Crippen molar-refractivity contribution in [1.29, 1.82) is 0 Å². The highest BCUT2D eigenvalue weighted by Gasteiger charge is 2.27. The van der Waals surface area contributed by atoms with E-state index in [1.807, 2.05) is 13.0 Å². The normalized spacial score (nSPS) is 18.9. The molecule has 3 aliphatic rings. The van der Waals surface area contributed by atoms with Crippen LogP contribution in [0, 0.1) is 19.8 Å². The van der Waals surface area contributed by atoms with Crippen LogP contribution < -0.4 is 0 Å². The van der Waals surface area contributed by atoms with Gasteiger partial charge in [-0.2, -0.15) is 0 Å². The maximum atomic E-state index is 6.76. The van der Waals surface area contributed by atoms with Crippen LogP contribution in [-0.4, -0.2) is 0 Å². The summed E-state index contributed by atoms with van der Waals surface area (Å²) in [5.41, 5.74) is 3.68. The Balaban J connectivity index is 1.96. The van der Waals surface area contributed by atoms with E-state index >= 15 is 0 Å². The average molecular weight is 277 g/mol. The molecule has 102 valence electrons. The Morgan fingerprint density at radius 3 is 2.63 bits per heavy atom. The molecule has 0 aromatic heterocycles. The lowest BCUT2D eigenvalue weighted by Crippen LogP contribution is -2.12. The number of hydrogen-bond acceptors (Lipinski definition) is 1. The van der Waals surface area contributed by atoms with Crippen molar-refractivity contribution in [2.45, 2.75) is 51.3 Å². The minimum absolute atomic E-state index is 0.142. The van der Waals surface area contributed by atoms with Crippen molar-refractivity contribution in [2.75, 3.05) is 0 Å². The third-order valence-corrected chi connectivity index (χ3v) is 5.06. The van der Waals surface area contributed by atoms with Gasteiger partial charge in [0.2, 0.25) is 0 Å². The van der Waals surface area contributed by atoms with Crippen molar-refractivity contribution in [3.05, 3.63) is 35.1 Å². The molecule has 3 rings (SSSR count). The number of rotatable bonds is 2. The Morgan fingerprint density at radius 1 is 1.16 bits per heavy atom. The molecule has 19 heavy (non-hydrogen) atoms. The molecule has 1 unspecified atom stereocenters. The predicted molar refractivity (Wildman–Crippen MR) is 80.0 cm³/mol. The first-order valence-electron chi connectivity index (χ1n) is 7.30. The Hall–Kier alpha value is -0.950. The summed E-state index contributed by atoms with van der Waals surface area (Å²) in [4.78, 5) is 0. The van der Waals surface area contributed by atoms with Crippen LogP contribution >= 0.6 is 11.6 Å². The minimum atomic E-state index is 0.142. The van der Waals surface area contributed by atoms with E-state index in [9.17, 15) is 0 Å². The number of aryl methyl sites for hydroxylation is 1. The monoisotopic (exact) mass is 276 g/mol. The summed E-state index contributed by atoms with van der Waals surface area (Å²) in [5.74, 6) is 2.60. The standard InChI is InChI=1S/C17H21ClO/c1-11-8-9-14-10-15(12(2)17(14)19-11)16(18)13-6-4-3-5-7-13/h8-10,13,16H,3-7H2,1-2H3. The fraction of sp³-hybridized carbons (Fsp3) is 0.529. The molecule has 0 bridgehead atoms. The highest BCUT2D eigenvalue weighted by atomic mass is 35.5. The van der Waals surface area contributed by atoms with Crippen molar-refractivity contribution >= 4 is 11.6 Å². The number of fused-ring (bicyclic) bond motifs is 1. The van der Waals surface area contributed by atoms with Gasteiger partial charge in [-0.3, -0.25) is 0 Å². The second-order valence-corrected chi connectivity index (χ2v) is 6.33. The third kappa shape index (κ3) is 2.41. The van der Waals surface area contributed by atoms with Crippen LogP contribution in [0.2, 0.25) is 0 Å². The smallest absolute Gasteiger partial charge is 0.137 e. The van der Waals surface area contributed by atoms with Gasteiger partial charge in [0.1, 0.15) is 11.5 Å². The summed E-state index contributed by atoms with van der Waals surface area (Å²) >= 11 is 6.76. The van der Waals surface area contributed by atoms with Gasteiger partial charge in [-0.25, -0.2) is 0 Å². The van der Waals surface area contributed by atoms with Gasteiger partial charge in [0, 0.05) is 5.56 Å². The van der Waals surface area contributed by atoms with E-state index in [-0.39, 0.29) is 5.38 Å². The molecule has 0 N–H and O–H groups in total. The molecule has 0 aromatic carbocycles. The van der Waals surface area contributed by atoms with E-state index in [1.54, 1.807) is 0 Å². The summed E-state index contributed by atoms with van der Waals surface area (Å²) in [6.07, 6.45) is 6.57. The van der Waals surface area contributed by atoms with Gasteiger partial charge < -0.3 is 4.42 Å².